The Balaban J connectivity index is 2.57. The number of hydrazine groups is 1. The van der Waals surface area contributed by atoms with Gasteiger partial charge in [-0.15, -0.1) is 6.58 Å². The van der Waals surface area contributed by atoms with Gasteiger partial charge in [-0.05, 0) is 45.6 Å². The minimum Gasteiger partial charge on any atom is -0.466 e. The lowest BCUT2D eigenvalue weighted by atomic mass is 9.97. The summed E-state index contributed by atoms with van der Waals surface area (Å²) in [5, 5.41) is 0. The molecule has 102 valence electrons. The number of allylic oxidation sites excluding steroid dienone is 1. The van der Waals surface area contributed by atoms with Crippen LogP contribution in [-0.4, -0.2) is 0 Å². The summed E-state index contributed by atoms with van der Waals surface area (Å²) >= 11 is 0. The zero-order chi connectivity index (χ0) is 13.5. The molecule has 0 aliphatic carbocycles. The Morgan fingerprint density at radius 2 is 1.94 bits per heavy atom. The quantitative estimate of drug-likeness (QED) is 0.319. The van der Waals surface area contributed by atoms with E-state index in [2.05, 4.69) is 18.9 Å². The summed E-state index contributed by atoms with van der Waals surface area (Å²) in [5.41, 5.74) is 5.38. The molecule has 0 saturated carbocycles. The lowest BCUT2D eigenvalue weighted by molar-refractivity contribution is 0.460. The van der Waals surface area contributed by atoms with E-state index >= 15 is 0 Å². The van der Waals surface area contributed by atoms with Gasteiger partial charge in [0.05, 0.1) is 0 Å². The molecule has 0 spiro atoms. The standard InChI is InChI=1S/C15H26N2O/c1-5-6-7-8-9-10-14(17-16)15-11(2)12(3)18-13(15)4/h5,14,17H,1,6-10,16H2,2-4H3. The van der Waals surface area contributed by atoms with Gasteiger partial charge in [0.1, 0.15) is 11.5 Å². The van der Waals surface area contributed by atoms with Gasteiger partial charge < -0.3 is 4.42 Å². The molecule has 3 nitrogen and oxygen atoms in total. The first-order chi connectivity index (χ1) is 8.61. The molecule has 1 atom stereocenters. The van der Waals surface area contributed by atoms with Crippen molar-refractivity contribution in [2.75, 3.05) is 0 Å². The fourth-order valence-electron chi connectivity index (χ4n) is 2.45. The van der Waals surface area contributed by atoms with Crippen molar-refractivity contribution in [1.82, 2.24) is 5.43 Å². The van der Waals surface area contributed by atoms with Crippen LogP contribution in [0.3, 0.4) is 0 Å². The molecule has 0 aliphatic rings. The van der Waals surface area contributed by atoms with Crippen molar-refractivity contribution < 1.29 is 4.42 Å². The Morgan fingerprint density at radius 3 is 2.44 bits per heavy atom. The molecule has 1 aromatic heterocycles. The summed E-state index contributed by atoms with van der Waals surface area (Å²) in [4.78, 5) is 0. The van der Waals surface area contributed by atoms with Crippen molar-refractivity contribution in [2.45, 2.75) is 58.9 Å². The molecule has 0 saturated heterocycles. The van der Waals surface area contributed by atoms with Gasteiger partial charge in [0.25, 0.3) is 0 Å². The van der Waals surface area contributed by atoms with E-state index in [1.807, 2.05) is 19.9 Å². The van der Waals surface area contributed by atoms with E-state index in [0.717, 1.165) is 24.4 Å². The minimum absolute atomic E-state index is 0.200. The van der Waals surface area contributed by atoms with Crippen molar-refractivity contribution in [1.29, 1.82) is 0 Å². The minimum atomic E-state index is 0.200. The van der Waals surface area contributed by atoms with Crippen LogP contribution in [0.15, 0.2) is 17.1 Å². The van der Waals surface area contributed by atoms with Crippen molar-refractivity contribution in [2.24, 2.45) is 5.84 Å². The predicted molar refractivity (Wildman–Crippen MR) is 76.3 cm³/mol. The zero-order valence-electron chi connectivity index (χ0n) is 11.9. The maximum absolute atomic E-state index is 5.68. The molecular formula is C15H26N2O. The molecule has 3 heteroatoms. The van der Waals surface area contributed by atoms with Crippen LogP contribution in [0.2, 0.25) is 0 Å². The molecular weight excluding hydrogens is 224 g/mol. The second-order valence-corrected chi connectivity index (χ2v) is 4.90. The molecule has 0 bridgehead atoms. The molecule has 0 fully saturated rings. The zero-order valence-corrected chi connectivity index (χ0v) is 11.9. The highest BCUT2D eigenvalue weighted by Gasteiger charge is 2.19. The molecule has 1 rings (SSSR count). The number of furan rings is 1. The number of hydrogen-bond acceptors (Lipinski definition) is 3. The lowest BCUT2D eigenvalue weighted by Crippen LogP contribution is -2.28. The Bertz CT molecular complexity index is 382. The van der Waals surface area contributed by atoms with E-state index in [1.165, 1.54) is 30.4 Å². The van der Waals surface area contributed by atoms with E-state index in [0.29, 0.717) is 0 Å². The SMILES string of the molecule is C=CCCCCCC(NN)c1c(C)oc(C)c1C. The third-order valence-electron chi connectivity index (χ3n) is 3.57. The molecule has 0 radical (unpaired) electrons. The largest absolute Gasteiger partial charge is 0.466 e. The molecule has 0 aromatic carbocycles. The summed E-state index contributed by atoms with van der Waals surface area (Å²) in [5.74, 6) is 7.66. The number of unbranched alkanes of at least 4 members (excludes halogenated alkanes) is 3. The van der Waals surface area contributed by atoms with E-state index in [9.17, 15) is 0 Å². The number of aryl methyl sites for hydroxylation is 2. The predicted octanol–water partition coefficient (Wildman–Crippen LogP) is 3.85. The van der Waals surface area contributed by atoms with Crippen LogP contribution in [0, 0.1) is 20.8 Å². The molecule has 18 heavy (non-hydrogen) atoms. The van der Waals surface area contributed by atoms with E-state index in [1.54, 1.807) is 0 Å². The fraction of sp³-hybridized carbons (Fsp3) is 0.600. The normalized spacial score (nSPS) is 12.7. The van der Waals surface area contributed by atoms with Gasteiger partial charge in [-0.3, -0.25) is 11.3 Å². The second kappa shape index (κ2) is 7.39. The summed E-state index contributed by atoms with van der Waals surface area (Å²) in [6, 6.07) is 0.200. The van der Waals surface area contributed by atoms with Crippen LogP contribution in [0.5, 0.6) is 0 Å². The first-order valence-corrected chi connectivity index (χ1v) is 6.75. The summed E-state index contributed by atoms with van der Waals surface area (Å²) in [6.07, 6.45) is 7.73. The monoisotopic (exact) mass is 250 g/mol. The van der Waals surface area contributed by atoms with E-state index < -0.39 is 0 Å². The molecule has 1 aromatic rings. The summed E-state index contributed by atoms with van der Waals surface area (Å²) in [7, 11) is 0. The van der Waals surface area contributed by atoms with Crippen molar-refractivity contribution in [3.8, 4) is 0 Å². The highest BCUT2D eigenvalue weighted by Crippen LogP contribution is 2.29. The third kappa shape index (κ3) is 3.72. The Kier molecular flexibility index (Phi) is 6.16. The van der Waals surface area contributed by atoms with Gasteiger partial charge in [0.15, 0.2) is 0 Å². The molecule has 0 amide bonds. The van der Waals surface area contributed by atoms with Gasteiger partial charge in [-0.1, -0.05) is 18.9 Å². The topological polar surface area (TPSA) is 51.2 Å². The highest BCUT2D eigenvalue weighted by atomic mass is 16.3. The van der Waals surface area contributed by atoms with Crippen molar-refractivity contribution in [3.05, 3.63) is 35.3 Å². The average Bonchev–Trinajstić information content (AvgIpc) is 2.59. The van der Waals surface area contributed by atoms with E-state index in [-0.39, 0.29) is 6.04 Å². The van der Waals surface area contributed by atoms with Crippen molar-refractivity contribution >= 4 is 0 Å². The van der Waals surface area contributed by atoms with Crippen LogP contribution in [0.4, 0.5) is 0 Å². The van der Waals surface area contributed by atoms with Crippen molar-refractivity contribution in [3.63, 3.8) is 0 Å². The average molecular weight is 250 g/mol. The first-order valence-electron chi connectivity index (χ1n) is 6.75. The summed E-state index contributed by atoms with van der Waals surface area (Å²) < 4.78 is 5.66. The highest BCUT2D eigenvalue weighted by molar-refractivity contribution is 5.34. The van der Waals surface area contributed by atoms with Crippen LogP contribution >= 0.6 is 0 Å². The molecule has 1 heterocycles. The number of rotatable bonds is 8. The first kappa shape index (κ1) is 15.0. The van der Waals surface area contributed by atoms with E-state index in [4.69, 9.17) is 10.3 Å². The molecule has 0 aliphatic heterocycles. The van der Waals surface area contributed by atoms with Gasteiger partial charge >= 0.3 is 0 Å². The van der Waals surface area contributed by atoms with Gasteiger partial charge in [0, 0.05) is 11.6 Å². The smallest absolute Gasteiger partial charge is 0.106 e. The maximum Gasteiger partial charge on any atom is 0.106 e. The molecule has 3 N–H and O–H groups in total. The van der Waals surface area contributed by atoms with Gasteiger partial charge in [0.2, 0.25) is 0 Å². The third-order valence-corrected chi connectivity index (χ3v) is 3.57. The number of hydrogen-bond donors (Lipinski definition) is 2. The second-order valence-electron chi connectivity index (χ2n) is 4.90. The van der Waals surface area contributed by atoms with Crippen LogP contribution in [-0.2, 0) is 0 Å². The van der Waals surface area contributed by atoms with Crippen LogP contribution in [0.1, 0.15) is 60.8 Å². The Labute approximate surface area is 110 Å². The van der Waals surface area contributed by atoms with Crippen LogP contribution < -0.4 is 11.3 Å². The molecule has 1 unspecified atom stereocenters. The Morgan fingerprint density at radius 1 is 1.22 bits per heavy atom. The number of nitrogens with one attached hydrogen (secondary N) is 1. The number of nitrogens with two attached hydrogens (primary N) is 1. The fourth-order valence-corrected chi connectivity index (χ4v) is 2.45. The maximum atomic E-state index is 5.68. The lowest BCUT2D eigenvalue weighted by Gasteiger charge is -2.16. The Hall–Kier alpha value is -1.06. The van der Waals surface area contributed by atoms with Gasteiger partial charge in [-0.2, -0.15) is 0 Å². The summed E-state index contributed by atoms with van der Waals surface area (Å²) in [6.45, 7) is 9.85. The van der Waals surface area contributed by atoms with Crippen LogP contribution in [0.25, 0.3) is 0 Å². The van der Waals surface area contributed by atoms with Gasteiger partial charge in [-0.25, -0.2) is 0 Å².